The van der Waals surface area contributed by atoms with E-state index in [-0.39, 0.29) is 5.91 Å². The van der Waals surface area contributed by atoms with Gasteiger partial charge in [-0.1, -0.05) is 17.7 Å². The van der Waals surface area contributed by atoms with Crippen LogP contribution >= 0.6 is 11.3 Å². The molecular weight excluding hydrogens is 466 g/mol. The summed E-state index contributed by atoms with van der Waals surface area (Å²) in [6, 6.07) is 12.3. The molecule has 2 saturated heterocycles. The fourth-order valence-corrected chi connectivity index (χ4v) is 6.55. The van der Waals surface area contributed by atoms with Gasteiger partial charge in [0.1, 0.15) is 12.4 Å². The molecule has 2 aliphatic heterocycles. The lowest BCUT2D eigenvalue weighted by atomic mass is 10.0. The summed E-state index contributed by atoms with van der Waals surface area (Å²) in [6.45, 7) is 8.67. The summed E-state index contributed by atoms with van der Waals surface area (Å²) in [6.07, 6.45) is 6.14. The number of hydrogen-bond acceptors (Lipinski definition) is 5. The highest BCUT2D eigenvalue weighted by Crippen LogP contribution is 2.46. The zero-order chi connectivity index (χ0) is 24.6. The van der Waals surface area contributed by atoms with Crippen molar-refractivity contribution in [3.05, 3.63) is 64.0 Å². The second-order valence-electron chi connectivity index (χ2n) is 10.8. The highest BCUT2D eigenvalue weighted by molar-refractivity contribution is 7.14. The zero-order valence-corrected chi connectivity index (χ0v) is 22.2. The number of aryl methyl sites for hydroxylation is 2. The largest absolute Gasteiger partial charge is 0.488 e. The maximum Gasteiger partial charge on any atom is 0.253 e. The van der Waals surface area contributed by atoms with E-state index in [1.165, 1.54) is 24.8 Å². The normalized spacial score (nSPS) is 21.3. The van der Waals surface area contributed by atoms with Gasteiger partial charge in [-0.05, 0) is 93.2 Å². The zero-order valence-electron chi connectivity index (χ0n) is 21.3. The molecule has 3 fully saturated rings. The third-order valence-corrected chi connectivity index (χ3v) is 8.98. The molecule has 2 unspecified atom stereocenters. The second kappa shape index (κ2) is 9.89. The molecule has 188 valence electrons. The Bertz CT molecular complexity index is 1260. The number of aromatic nitrogens is 1. The molecule has 0 N–H and O–H groups in total. The Hall–Kier alpha value is -2.86. The van der Waals surface area contributed by atoms with Crippen molar-refractivity contribution in [3.8, 4) is 17.0 Å². The third-order valence-electron chi connectivity index (χ3n) is 8.08. The molecule has 0 bridgehead atoms. The van der Waals surface area contributed by atoms with Crippen LogP contribution in [0.15, 0.2) is 41.8 Å². The molecule has 0 radical (unpaired) electrons. The number of thiazole rings is 1. The lowest BCUT2D eigenvalue weighted by Crippen LogP contribution is -2.35. The van der Waals surface area contributed by atoms with Gasteiger partial charge < -0.3 is 14.5 Å². The fraction of sp³-hybridized carbons (Fsp3) is 0.467. The number of benzene rings is 2. The Kier molecular flexibility index (Phi) is 6.46. The molecule has 5 nitrogen and oxygen atoms in total. The van der Waals surface area contributed by atoms with E-state index in [1.54, 1.807) is 11.3 Å². The molecule has 1 amide bonds. The number of ether oxygens (including phenoxy) is 1. The van der Waals surface area contributed by atoms with Gasteiger partial charge >= 0.3 is 0 Å². The number of amides is 1. The van der Waals surface area contributed by atoms with Crippen LogP contribution in [0.3, 0.4) is 0 Å². The number of likely N-dealkylation sites (tertiary alicyclic amines) is 1. The minimum Gasteiger partial charge on any atom is -0.488 e. The topological polar surface area (TPSA) is 45.7 Å². The number of carbonyl (C=O) groups excluding carboxylic acids is 1. The molecule has 2 aromatic carbocycles. The average molecular weight is 502 g/mol. The van der Waals surface area contributed by atoms with Crippen molar-refractivity contribution < 1.29 is 9.53 Å². The van der Waals surface area contributed by atoms with E-state index in [0.29, 0.717) is 6.61 Å². The van der Waals surface area contributed by atoms with Crippen LogP contribution in [0.25, 0.3) is 11.3 Å². The van der Waals surface area contributed by atoms with Crippen molar-refractivity contribution in [2.24, 2.45) is 11.8 Å². The van der Waals surface area contributed by atoms with Gasteiger partial charge in [-0.2, -0.15) is 0 Å². The van der Waals surface area contributed by atoms with Crippen LogP contribution in [0.5, 0.6) is 5.75 Å². The predicted octanol–water partition coefficient (Wildman–Crippen LogP) is 6.48. The third kappa shape index (κ3) is 4.88. The molecule has 1 aromatic heterocycles. The first-order valence-electron chi connectivity index (χ1n) is 13.4. The van der Waals surface area contributed by atoms with E-state index in [1.807, 2.05) is 23.1 Å². The van der Waals surface area contributed by atoms with Crippen molar-refractivity contribution in [3.63, 3.8) is 0 Å². The number of nitrogens with zero attached hydrogens (tertiary/aromatic N) is 3. The van der Waals surface area contributed by atoms with E-state index in [0.717, 1.165) is 89.7 Å². The maximum absolute atomic E-state index is 12.9. The number of hydrogen-bond donors (Lipinski definition) is 0. The van der Waals surface area contributed by atoms with E-state index in [9.17, 15) is 4.79 Å². The van der Waals surface area contributed by atoms with Crippen molar-refractivity contribution in [2.45, 2.75) is 52.6 Å². The predicted molar refractivity (Wildman–Crippen MR) is 146 cm³/mol. The van der Waals surface area contributed by atoms with E-state index in [2.05, 4.69) is 42.3 Å². The average Bonchev–Trinajstić information content (AvgIpc) is 3.52. The Morgan fingerprint density at radius 1 is 1.06 bits per heavy atom. The highest BCUT2D eigenvalue weighted by atomic mass is 32.1. The first kappa shape index (κ1) is 23.5. The minimum absolute atomic E-state index is 0.149. The van der Waals surface area contributed by atoms with Gasteiger partial charge in [0.25, 0.3) is 5.91 Å². The summed E-state index contributed by atoms with van der Waals surface area (Å²) in [4.78, 5) is 22.4. The van der Waals surface area contributed by atoms with Crippen LogP contribution in [0.1, 0.15) is 59.2 Å². The number of anilines is 1. The first-order chi connectivity index (χ1) is 17.5. The van der Waals surface area contributed by atoms with Gasteiger partial charge in [-0.3, -0.25) is 4.79 Å². The van der Waals surface area contributed by atoms with Crippen LogP contribution in [0.4, 0.5) is 5.13 Å². The summed E-state index contributed by atoms with van der Waals surface area (Å²) < 4.78 is 6.36. The Balaban J connectivity index is 1.16. The molecule has 3 aliphatic rings. The van der Waals surface area contributed by atoms with Crippen molar-refractivity contribution in [1.29, 1.82) is 0 Å². The first-order valence-corrected chi connectivity index (χ1v) is 14.3. The molecule has 3 heterocycles. The van der Waals surface area contributed by atoms with Crippen LogP contribution < -0.4 is 9.64 Å². The molecule has 0 spiro atoms. The molecule has 36 heavy (non-hydrogen) atoms. The smallest absolute Gasteiger partial charge is 0.253 e. The monoisotopic (exact) mass is 501 g/mol. The van der Waals surface area contributed by atoms with Crippen LogP contribution in [-0.2, 0) is 6.61 Å². The summed E-state index contributed by atoms with van der Waals surface area (Å²) in [5.41, 5.74) is 6.20. The van der Waals surface area contributed by atoms with Crippen LogP contribution in [0, 0.1) is 25.7 Å². The summed E-state index contributed by atoms with van der Waals surface area (Å²) in [5.74, 6) is 2.86. The molecule has 3 aromatic rings. The number of fused-ring (bicyclic) bond motifs is 1. The number of carbonyl (C=O) groups is 1. The van der Waals surface area contributed by atoms with Gasteiger partial charge in [0.15, 0.2) is 5.13 Å². The quantitative estimate of drug-likeness (QED) is 0.388. The number of rotatable bonds is 6. The van der Waals surface area contributed by atoms with Gasteiger partial charge in [0.2, 0.25) is 0 Å². The Morgan fingerprint density at radius 3 is 2.72 bits per heavy atom. The van der Waals surface area contributed by atoms with Gasteiger partial charge in [0.05, 0.1) is 5.69 Å². The summed E-state index contributed by atoms with van der Waals surface area (Å²) in [5, 5.41) is 3.30. The van der Waals surface area contributed by atoms with Crippen molar-refractivity contribution in [1.82, 2.24) is 9.88 Å². The molecule has 6 rings (SSSR count). The summed E-state index contributed by atoms with van der Waals surface area (Å²) >= 11 is 1.74. The molecule has 1 aliphatic carbocycles. The molecule has 2 atom stereocenters. The van der Waals surface area contributed by atoms with Crippen molar-refractivity contribution >= 4 is 22.4 Å². The van der Waals surface area contributed by atoms with Gasteiger partial charge in [-0.15, -0.1) is 11.3 Å². The van der Waals surface area contributed by atoms with Gasteiger partial charge in [-0.25, -0.2) is 4.98 Å². The number of piperidine rings is 2. The maximum atomic E-state index is 12.9. The minimum atomic E-state index is 0.149. The Labute approximate surface area is 218 Å². The molecule has 6 heteroatoms. The van der Waals surface area contributed by atoms with Crippen molar-refractivity contribution in [2.75, 3.05) is 31.1 Å². The lowest BCUT2D eigenvalue weighted by Gasteiger charge is -2.27. The molecular formula is C30H35N3O2S. The standard InChI is InChI=1S/C30H35N3O2S/c1-20-6-9-28(26(14-20)27-19-36-30(31-27)33-13-10-22-16-25(22)17-33)35-18-24-8-7-23(15-21(24)2)29(34)32-11-4-3-5-12-32/h6-9,14-15,19,22,25H,3-5,10-13,16-18H2,1-2H3. The Morgan fingerprint density at radius 2 is 1.92 bits per heavy atom. The van der Waals surface area contributed by atoms with Crippen LogP contribution in [0.2, 0.25) is 0 Å². The van der Waals surface area contributed by atoms with Gasteiger partial charge in [0, 0.05) is 42.7 Å². The summed E-state index contributed by atoms with van der Waals surface area (Å²) in [7, 11) is 0. The van der Waals surface area contributed by atoms with E-state index < -0.39 is 0 Å². The van der Waals surface area contributed by atoms with E-state index in [4.69, 9.17) is 9.72 Å². The fourth-order valence-electron chi connectivity index (χ4n) is 5.69. The second-order valence-corrected chi connectivity index (χ2v) is 11.6. The van der Waals surface area contributed by atoms with Crippen LogP contribution in [-0.4, -0.2) is 42.0 Å². The lowest BCUT2D eigenvalue weighted by molar-refractivity contribution is 0.0724. The highest BCUT2D eigenvalue weighted by Gasteiger charge is 2.42. The van der Waals surface area contributed by atoms with E-state index >= 15 is 0 Å². The molecule has 1 saturated carbocycles. The SMILES string of the molecule is Cc1ccc(OCc2ccc(C(=O)N3CCCCC3)cc2C)c(-c2csc(N3CCC4CC4C3)n2)c1.